The molecule has 0 bridgehead atoms. The van der Waals surface area contributed by atoms with Gasteiger partial charge in [0.15, 0.2) is 0 Å². The molecule has 10 rings (SSSR count). The van der Waals surface area contributed by atoms with E-state index in [1.54, 1.807) is 0 Å². The Balaban J connectivity index is 1.36. The summed E-state index contributed by atoms with van der Waals surface area (Å²) in [5.41, 5.74) is 23.6. The van der Waals surface area contributed by atoms with Gasteiger partial charge in [-0.05, 0) is 159 Å². The van der Waals surface area contributed by atoms with Gasteiger partial charge >= 0.3 is 0 Å². The van der Waals surface area contributed by atoms with Gasteiger partial charge in [-0.2, -0.15) is 0 Å². The fourth-order valence-electron chi connectivity index (χ4n) is 10.2. The van der Waals surface area contributed by atoms with Gasteiger partial charge in [0.25, 0.3) is 0 Å². The summed E-state index contributed by atoms with van der Waals surface area (Å²) in [5, 5.41) is 2.58. The first-order valence-corrected chi connectivity index (χ1v) is 20.4. The van der Waals surface area contributed by atoms with Gasteiger partial charge in [0.2, 0.25) is 0 Å². The molecule has 3 heteroatoms. The summed E-state index contributed by atoms with van der Waals surface area (Å²) in [6.45, 7) is 22.9. The molecule has 0 spiro atoms. The molecule has 2 aliphatic rings. The Kier molecular flexibility index (Phi) is 7.58. The second-order valence-electron chi connectivity index (χ2n) is 18.1. The van der Waals surface area contributed by atoms with Crippen LogP contribution in [0, 0.1) is 41.5 Å². The Morgan fingerprint density at radius 2 is 0.702 bits per heavy atom. The van der Waals surface area contributed by atoms with E-state index in [1.165, 1.54) is 106 Å². The molecular formula is C54H51N3. The molecule has 7 aromatic carbocycles. The van der Waals surface area contributed by atoms with Crippen LogP contribution < -0.4 is 9.80 Å². The van der Waals surface area contributed by atoms with Crippen molar-refractivity contribution in [3.05, 3.63) is 183 Å². The predicted molar refractivity (Wildman–Crippen MR) is 243 cm³/mol. The summed E-state index contributed by atoms with van der Waals surface area (Å²) in [5.74, 6) is 0. The maximum absolute atomic E-state index is 2.64. The molecular weight excluding hydrogens is 691 g/mol. The first-order chi connectivity index (χ1) is 27.2. The number of rotatable bonds is 6. The van der Waals surface area contributed by atoms with Crippen LogP contribution in [0.5, 0.6) is 0 Å². The van der Waals surface area contributed by atoms with Crippen molar-refractivity contribution in [1.82, 2.24) is 4.57 Å². The largest absolute Gasteiger partial charge is 0.310 e. The van der Waals surface area contributed by atoms with Crippen LogP contribution in [-0.4, -0.2) is 4.57 Å². The zero-order valence-corrected chi connectivity index (χ0v) is 35.0. The fraction of sp³-hybridized carbons (Fsp3) is 0.222. The van der Waals surface area contributed by atoms with E-state index in [2.05, 4.69) is 211 Å². The smallest absolute Gasteiger partial charge is 0.0583 e. The summed E-state index contributed by atoms with van der Waals surface area (Å²) >= 11 is 0. The van der Waals surface area contributed by atoms with Crippen molar-refractivity contribution in [3.63, 3.8) is 0 Å². The van der Waals surface area contributed by atoms with E-state index in [-0.39, 0.29) is 10.8 Å². The van der Waals surface area contributed by atoms with Crippen LogP contribution in [0.1, 0.15) is 83.3 Å². The highest BCUT2D eigenvalue weighted by atomic mass is 15.2. The number of anilines is 6. The molecule has 0 atom stereocenters. The normalized spacial score (nSPS) is 14.4. The first kappa shape index (κ1) is 35.4. The molecule has 0 saturated heterocycles. The van der Waals surface area contributed by atoms with E-state index < -0.39 is 0 Å². The maximum Gasteiger partial charge on any atom is 0.0583 e. The number of aromatic nitrogens is 1. The number of hydrogen-bond acceptors (Lipinski definition) is 2. The Bertz CT molecular complexity index is 2720. The van der Waals surface area contributed by atoms with Gasteiger partial charge < -0.3 is 14.4 Å². The molecule has 0 unspecified atom stereocenters. The van der Waals surface area contributed by atoms with Crippen LogP contribution in [0.2, 0.25) is 0 Å². The molecule has 0 N–H and O–H groups in total. The second-order valence-corrected chi connectivity index (χ2v) is 18.1. The lowest BCUT2D eigenvalue weighted by atomic mass is 9.68. The van der Waals surface area contributed by atoms with E-state index in [0.29, 0.717) is 0 Å². The lowest BCUT2D eigenvalue weighted by Crippen LogP contribution is -2.33. The molecule has 57 heavy (non-hydrogen) atoms. The van der Waals surface area contributed by atoms with Crippen molar-refractivity contribution in [1.29, 1.82) is 0 Å². The molecule has 0 radical (unpaired) electrons. The number of para-hydroxylation sites is 1. The Hall–Kier alpha value is -6.06. The Morgan fingerprint density at radius 1 is 0.351 bits per heavy atom. The lowest BCUT2D eigenvalue weighted by molar-refractivity contribution is 0.593. The lowest BCUT2D eigenvalue weighted by Gasteiger charge is -2.42. The average molecular weight is 742 g/mol. The molecule has 1 aromatic heterocycles. The zero-order valence-electron chi connectivity index (χ0n) is 35.0. The number of nitrogens with zero attached hydrogens (tertiary/aromatic N) is 3. The van der Waals surface area contributed by atoms with Crippen LogP contribution >= 0.6 is 0 Å². The molecule has 2 aliphatic heterocycles. The van der Waals surface area contributed by atoms with E-state index in [4.69, 9.17) is 0 Å². The average Bonchev–Trinajstić information content (AvgIpc) is 3.48. The van der Waals surface area contributed by atoms with Crippen molar-refractivity contribution in [2.24, 2.45) is 0 Å². The Labute approximate surface area is 337 Å². The molecule has 3 heterocycles. The summed E-state index contributed by atoms with van der Waals surface area (Å²) in [7, 11) is 0. The number of hydrogen-bond donors (Lipinski definition) is 0. The third kappa shape index (κ3) is 5.24. The summed E-state index contributed by atoms with van der Waals surface area (Å²) in [6, 6.07) is 48.9. The highest BCUT2D eigenvalue weighted by Crippen LogP contribution is 2.57. The first-order valence-electron chi connectivity index (χ1n) is 20.4. The van der Waals surface area contributed by atoms with Crippen LogP contribution in [0.25, 0.3) is 27.5 Å². The van der Waals surface area contributed by atoms with Gasteiger partial charge in [-0.1, -0.05) is 93.4 Å². The highest BCUT2D eigenvalue weighted by Gasteiger charge is 2.44. The zero-order chi connectivity index (χ0) is 39.7. The van der Waals surface area contributed by atoms with E-state index in [0.717, 1.165) is 11.4 Å². The maximum atomic E-state index is 2.64. The van der Waals surface area contributed by atoms with Crippen LogP contribution in [-0.2, 0) is 10.8 Å². The summed E-state index contributed by atoms with van der Waals surface area (Å²) in [6.07, 6.45) is 0. The van der Waals surface area contributed by atoms with Crippen molar-refractivity contribution >= 4 is 55.9 Å². The van der Waals surface area contributed by atoms with Gasteiger partial charge in [-0.25, -0.2) is 0 Å². The SMILES string of the molecule is Cc1ccc(N(c2cc(C)cc(C)c2)c2cc3c4c(c2)c2cc(N(c5ccc(C)cc5)c5cc(C)cc(C)c5)cc5c2n4-c2c(cccc2C5(C)C)C3(C)C)cc1. The molecule has 3 nitrogen and oxygen atoms in total. The van der Waals surface area contributed by atoms with E-state index in [9.17, 15) is 0 Å². The van der Waals surface area contributed by atoms with Gasteiger partial charge in [-0.15, -0.1) is 0 Å². The molecule has 282 valence electrons. The minimum absolute atomic E-state index is 0.241. The van der Waals surface area contributed by atoms with Gasteiger partial charge in [0, 0.05) is 55.7 Å². The third-order valence-electron chi connectivity index (χ3n) is 12.9. The third-order valence-corrected chi connectivity index (χ3v) is 12.9. The molecule has 8 aromatic rings. The van der Waals surface area contributed by atoms with Crippen LogP contribution in [0.4, 0.5) is 34.1 Å². The Morgan fingerprint density at radius 3 is 1.07 bits per heavy atom. The predicted octanol–water partition coefficient (Wildman–Crippen LogP) is 14.9. The molecule has 0 amide bonds. The summed E-state index contributed by atoms with van der Waals surface area (Å²) in [4.78, 5) is 4.95. The standard InChI is InChI=1S/C54H51N3/c1-32-14-18-38(19-15-32)55(40-24-34(3)22-35(4)25-40)42-28-44-45-29-43(56(39-20-16-33(2)17-21-39)41-26-36(5)23-37(6)27-41)31-49-51(45)57-50(44)48(30-42)53(7,8)46-12-11-13-47(52(46)57)54(49,9)10/h11-31H,1-10H3. The van der Waals surface area contributed by atoms with E-state index in [1.807, 2.05) is 0 Å². The van der Waals surface area contributed by atoms with Crippen LogP contribution in [0.3, 0.4) is 0 Å². The van der Waals surface area contributed by atoms with Gasteiger partial charge in [-0.3, -0.25) is 0 Å². The monoisotopic (exact) mass is 741 g/mol. The van der Waals surface area contributed by atoms with Crippen molar-refractivity contribution in [2.75, 3.05) is 9.80 Å². The van der Waals surface area contributed by atoms with Gasteiger partial charge in [0.05, 0.1) is 16.7 Å². The quantitative estimate of drug-likeness (QED) is 0.168. The van der Waals surface area contributed by atoms with Crippen molar-refractivity contribution in [3.8, 4) is 5.69 Å². The van der Waals surface area contributed by atoms with Crippen molar-refractivity contribution < 1.29 is 0 Å². The topological polar surface area (TPSA) is 11.4 Å². The van der Waals surface area contributed by atoms with Crippen LogP contribution in [0.15, 0.2) is 127 Å². The summed E-state index contributed by atoms with van der Waals surface area (Å²) < 4.78 is 2.64. The number of aryl methyl sites for hydroxylation is 6. The fourth-order valence-corrected chi connectivity index (χ4v) is 10.2. The molecule has 0 fully saturated rings. The second kappa shape index (κ2) is 12.2. The molecule has 0 aliphatic carbocycles. The minimum atomic E-state index is -0.241. The minimum Gasteiger partial charge on any atom is -0.310 e. The van der Waals surface area contributed by atoms with Gasteiger partial charge in [0.1, 0.15) is 0 Å². The molecule has 0 saturated carbocycles. The number of fused-ring (bicyclic) bond motifs is 1. The number of benzene rings is 7. The van der Waals surface area contributed by atoms with Crippen molar-refractivity contribution in [2.45, 2.75) is 80.1 Å². The highest BCUT2D eigenvalue weighted by molar-refractivity contribution is 6.16. The van der Waals surface area contributed by atoms with E-state index >= 15 is 0 Å².